The van der Waals surface area contributed by atoms with E-state index < -0.39 is 47.7 Å². The van der Waals surface area contributed by atoms with Crippen LogP contribution < -0.4 is 0 Å². The molecule has 0 aromatic heterocycles. The fourth-order valence-electron chi connectivity index (χ4n) is 1.31. The van der Waals surface area contributed by atoms with Crippen LogP contribution in [-0.2, 0) is 13.8 Å². The Morgan fingerprint density at radius 1 is 1.50 bits per heavy atom. The summed E-state index contributed by atoms with van der Waals surface area (Å²) in [5, 5.41) is 0. The van der Waals surface area contributed by atoms with Gasteiger partial charge < -0.3 is 4.74 Å². The van der Waals surface area contributed by atoms with Crippen molar-refractivity contribution >= 4 is 41.6 Å². The molecule has 0 spiro atoms. The van der Waals surface area contributed by atoms with Gasteiger partial charge in [-0.3, -0.25) is 0 Å². The summed E-state index contributed by atoms with van der Waals surface area (Å²) in [5.41, 5.74) is -1.09. The minimum Gasteiger partial charge on any atom is -0.459 e. The Hall–Kier alpha value is -0.730. The molecule has 0 aliphatic carbocycles. The maximum atomic E-state index is 14.1. The van der Waals surface area contributed by atoms with Crippen LogP contribution in [0.5, 0.6) is 0 Å². The average Bonchev–Trinajstić information content (AvgIpc) is 2.25. The first kappa shape index (κ1) is 17.3. The van der Waals surface area contributed by atoms with Crippen LogP contribution in [0.2, 0.25) is 0 Å². The predicted molar refractivity (Wildman–Crippen MR) is 72.3 cm³/mol. The van der Waals surface area contributed by atoms with Gasteiger partial charge in [0.05, 0.1) is 6.10 Å². The molecule has 0 fully saturated rings. The molecule has 0 N–H and O–H groups in total. The van der Waals surface area contributed by atoms with Crippen LogP contribution in [0.1, 0.15) is 30.6 Å². The van der Waals surface area contributed by atoms with Gasteiger partial charge in [0.25, 0.3) is 9.05 Å². The van der Waals surface area contributed by atoms with E-state index in [1.807, 2.05) is 0 Å². The molecule has 0 heterocycles. The van der Waals surface area contributed by atoms with Gasteiger partial charge in [-0.1, -0.05) is 6.92 Å². The molecule has 0 aliphatic rings. The summed E-state index contributed by atoms with van der Waals surface area (Å²) in [7, 11) is 0.564. The zero-order chi connectivity index (χ0) is 15.7. The molecule has 1 rings (SSSR count). The van der Waals surface area contributed by atoms with Crippen molar-refractivity contribution in [3.8, 4) is 0 Å². The molecular weight excluding hydrogens is 382 g/mol. The molecule has 1 unspecified atom stereocenters. The summed E-state index contributed by atoms with van der Waals surface area (Å²) in [4.78, 5) is 10.7. The van der Waals surface area contributed by atoms with Crippen LogP contribution in [0.25, 0.3) is 0 Å². The van der Waals surface area contributed by atoms with E-state index in [-0.39, 0.29) is 0 Å². The molecule has 0 saturated heterocycles. The number of halogens is 4. The number of hydrogen-bond acceptors (Lipinski definition) is 4. The number of hydrogen-bond donors (Lipinski definition) is 0. The number of carbonyl (C=O) groups excluding carboxylic acids is 1. The summed E-state index contributed by atoms with van der Waals surface area (Å²) in [5.74, 6) is -4.12. The van der Waals surface area contributed by atoms with Crippen LogP contribution in [0.15, 0.2) is 15.4 Å². The number of benzene rings is 1. The third kappa shape index (κ3) is 3.67. The minimum atomic E-state index is -4.50. The van der Waals surface area contributed by atoms with E-state index in [4.69, 9.17) is 15.4 Å². The lowest BCUT2D eigenvalue weighted by atomic mass is 10.2. The van der Waals surface area contributed by atoms with Crippen LogP contribution in [0.4, 0.5) is 8.78 Å². The highest BCUT2D eigenvalue weighted by molar-refractivity contribution is 9.10. The van der Waals surface area contributed by atoms with Crippen molar-refractivity contribution in [3.63, 3.8) is 0 Å². The zero-order valence-corrected chi connectivity index (χ0v) is 13.6. The number of ether oxygens (including phenoxy) is 1. The van der Waals surface area contributed by atoms with Crippen molar-refractivity contribution in [3.05, 3.63) is 27.7 Å². The third-order valence-corrected chi connectivity index (χ3v) is 4.70. The van der Waals surface area contributed by atoms with E-state index in [1.54, 1.807) is 6.92 Å². The number of esters is 1. The topological polar surface area (TPSA) is 60.4 Å². The van der Waals surface area contributed by atoms with Crippen LogP contribution >= 0.6 is 26.6 Å². The molecule has 0 bridgehead atoms. The predicted octanol–water partition coefficient (Wildman–Crippen LogP) is 3.61. The fraction of sp³-hybridized carbons (Fsp3) is 0.364. The Morgan fingerprint density at radius 3 is 2.50 bits per heavy atom. The molecule has 1 aromatic carbocycles. The highest BCUT2D eigenvalue weighted by atomic mass is 79.9. The van der Waals surface area contributed by atoms with E-state index in [1.165, 1.54) is 6.92 Å². The Bertz CT molecular complexity index is 648. The quantitative estimate of drug-likeness (QED) is 0.581. The van der Waals surface area contributed by atoms with Crippen molar-refractivity contribution in [1.82, 2.24) is 0 Å². The van der Waals surface area contributed by atoms with Gasteiger partial charge in [-0.25, -0.2) is 22.0 Å². The Balaban J connectivity index is 3.46. The van der Waals surface area contributed by atoms with Crippen molar-refractivity contribution in [1.29, 1.82) is 0 Å². The lowest BCUT2D eigenvalue weighted by Gasteiger charge is -2.13. The molecule has 1 aromatic rings. The molecular formula is C11H10BrClF2O4S. The molecule has 1 atom stereocenters. The summed E-state index contributed by atoms with van der Waals surface area (Å²) < 4.78 is 54.6. The molecule has 112 valence electrons. The fourth-order valence-corrected chi connectivity index (χ4v) is 3.66. The molecule has 20 heavy (non-hydrogen) atoms. The van der Waals surface area contributed by atoms with Crippen molar-refractivity contribution in [2.75, 3.05) is 0 Å². The van der Waals surface area contributed by atoms with Crippen LogP contribution in [-0.4, -0.2) is 20.5 Å². The lowest BCUT2D eigenvalue weighted by Crippen LogP contribution is -2.18. The Kier molecular flexibility index (Phi) is 5.51. The molecule has 4 nitrogen and oxygen atoms in total. The summed E-state index contributed by atoms with van der Waals surface area (Å²) in [6.07, 6.45) is -0.132. The maximum absolute atomic E-state index is 14.1. The largest absolute Gasteiger partial charge is 0.459 e. The van der Waals surface area contributed by atoms with Gasteiger partial charge in [0, 0.05) is 15.2 Å². The van der Waals surface area contributed by atoms with E-state index in [0.29, 0.717) is 12.5 Å². The SMILES string of the molecule is CCC(C)OC(=O)c1c(F)cc(Br)c(S(=O)(=O)Cl)c1F. The smallest absolute Gasteiger partial charge is 0.344 e. The average molecular weight is 392 g/mol. The summed E-state index contributed by atoms with van der Waals surface area (Å²) in [6.45, 7) is 3.24. The van der Waals surface area contributed by atoms with E-state index in [0.717, 1.165) is 0 Å². The van der Waals surface area contributed by atoms with E-state index in [2.05, 4.69) is 15.9 Å². The first-order valence-electron chi connectivity index (χ1n) is 5.42. The molecule has 9 heteroatoms. The van der Waals surface area contributed by atoms with Crippen molar-refractivity contribution in [2.24, 2.45) is 0 Å². The highest BCUT2D eigenvalue weighted by Gasteiger charge is 2.30. The second-order valence-electron chi connectivity index (χ2n) is 3.92. The van der Waals surface area contributed by atoms with Gasteiger partial charge in [0.2, 0.25) is 0 Å². The summed E-state index contributed by atoms with van der Waals surface area (Å²) in [6, 6.07) is 0.644. The Morgan fingerprint density at radius 2 is 2.05 bits per heavy atom. The van der Waals surface area contributed by atoms with E-state index in [9.17, 15) is 22.0 Å². The van der Waals surface area contributed by atoms with Gasteiger partial charge in [0.15, 0.2) is 5.82 Å². The molecule has 0 aliphatic heterocycles. The lowest BCUT2D eigenvalue weighted by molar-refractivity contribution is 0.0322. The van der Waals surface area contributed by atoms with Gasteiger partial charge in [-0.15, -0.1) is 0 Å². The summed E-state index contributed by atoms with van der Waals surface area (Å²) >= 11 is 2.69. The maximum Gasteiger partial charge on any atom is 0.344 e. The first-order chi connectivity index (χ1) is 9.09. The van der Waals surface area contributed by atoms with Crippen molar-refractivity contribution in [2.45, 2.75) is 31.3 Å². The standard InChI is InChI=1S/C11H10BrClF2O4S/c1-3-5(2)19-11(16)8-7(14)4-6(12)10(9(8)15)20(13,17)18/h4-5H,3H2,1-2H3. The zero-order valence-electron chi connectivity index (χ0n) is 10.4. The second kappa shape index (κ2) is 6.36. The molecule has 0 saturated carbocycles. The van der Waals surface area contributed by atoms with E-state index >= 15 is 0 Å². The number of carbonyl (C=O) groups is 1. The van der Waals surface area contributed by atoms with Gasteiger partial charge in [-0.2, -0.15) is 0 Å². The molecule has 0 radical (unpaired) electrons. The van der Waals surface area contributed by atoms with Gasteiger partial charge >= 0.3 is 5.97 Å². The third-order valence-electron chi connectivity index (χ3n) is 2.46. The van der Waals surface area contributed by atoms with Gasteiger partial charge in [0.1, 0.15) is 16.3 Å². The van der Waals surface area contributed by atoms with Crippen molar-refractivity contribution < 1.29 is 26.7 Å². The highest BCUT2D eigenvalue weighted by Crippen LogP contribution is 2.32. The molecule has 0 amide bonds. The van der Waals surface area contributed by atoms with Gasteiger partial charge in [-0.05, 0) is 35.3 Å². The van der Waals surface area contributed by atoms with Crippen LogP contribution in [0.3, 0.4) is 0 Å². The normalized spacial score (nSPS) is 13.1. The monoisotopic (exact) mass is 390 g/mol. The number of rotatable bonds is 4. The second-order valence-corrected chi connectivity index (χ2v) is 7.28. The minimum absolute atomic E-state index is 0.414. The van der Waals surface area contributed by atoms with Crippen LogP contribution in [0, 0.1) is 11.6 Å². The Labute approximate surface area is 127 Å². The first-order valence-corrected chi connectivity index (χ1v) is 8.53.